The Balaban J connectivity index is 1.98. The van der Waals surface area contributed by atoms with Crippen molar-refractivity contribution in [1.82, 2.24) is 4.98 Å². The van der Waals surface area contributed by atoms with Crippen LogP contribution in [0.25, 0.3) is 10.8 Å². The Labute approximate surface area is 106 Å². The molecule has 1 N–H and O–H groups in total. The third kappa shape index (κ3) is 2.01. The van der Waals surface area contributed by atoms with E-state index in [1.807, 2.05) is 18.2 Å². The number of anilines is 1. The number of aromatic amines is 1. The Morgan fingerprint density at radius 2 is 2.00 bits per heavy atom. The van der Waals surface area contributed by atoms with Crippen molar-refractivity contribution >= 4 is 16.5 Å². The molecule has 0 amide bonds. The summed E-state index contributed by atoms with van der Waals surface area (Å²) in [4.78, 5) is 16.9. The van der Waals surface area contributed by atoms with Crippen molar-refractivity contribution in [2.24, 2.45) is 5.92 Å². The first kappa shape index (κ1) is 11.3. The number of aromatic nitrogens is 1. The molecule has 1 aromatic carbocycles. The summed E-state index contributed by atoms with van der Waals surface area (Å²) in [5.41, 5.74) is 1.17. The van der Waals surface area contributed by atoms with Gasteiger partial charge in [0.15, 0.2) is 0 Å². The summed E-state index contributed by atoms with van der Waals surface area (Å²) in [5, 5.41) is 1.79. The Morgan fingerprint density at radius 3 is 2.78 bits per heavy atom. The maximum atomic E-state index is 11.8. The molecule has 0 aliphatic carbocycles. The number of hydrogen-bond donors (Lipinski definition) is 1. The number of H-pyrrole nitrogens is 1. The summed E-state index contributed by atoms with van der Waals surface area (Å²) < 4.78 is 0. The lowest BCUT2D eigenvalue weighted by atomic mass is 9.98. The molecule has 1 aliphatic heterocycles. The predicted octanol–water partition coefficient (Wildman–Crippen LogP) is 2.76. The molecule has 0 unspecified atom stereocenters. The summed E-state index contributed by atoms with van der Waals surface area (Å²) >= 11 is 0. The van der Waals surface area contributed by atoms with E-state index in [9.17, 15) is 4.79 Å². The van der Waals surface area contributed by atoms with Gasteiger partial charge in [0.1, 0.15) is 0 Å². The van der Waals surface area contributed by atoms with Gasteiger partial charge in [0, 0.05) is 30.4 Å². The van der Waals surface area contributed by atoms with Crippen molar-refractivity contribution in [3.05, 3.63) is 40.8 Å². The molecule has 2 aromatic rings. The second-order valence-electron chi connectivity index (χ2n) is 5.25. The fraction of sp³-hybridized carbons (Fsp3) is 0.400. The summed E-state index contributed by atoms with van der Waals surface area (Å²) in [7, 11) is 0. The summed E-state index contributed by atoms with van der Waals surface area (Å²) in [6.45, 7) is 4.50. The van der Waals surface area contributed by atoms with Gasteiger partial charge in [0.2, 0.25) is 0 Å². The smallest absolute Gasteiger partial charge is 0.255 e. The van der Waals surface area contributed by atoms with E-state index in [1.165, 1.54) is 18.5 Å². The molecular formula is C15H18N2O. The molecule has 0 radical (unpaired) electrons. The maximum absolute atomic E-state index is 11.8. The van der Waals surface area contributed by atoms with Gasteiger partial charge >= 0.3 is 0 Å². The Hall–Kier alpha value is -1.77. The van der Waals surface area contributed by atoms with Crippen LogP contribution in [0.4, 0.5) is 5.69 Å². The first-order valence-corrected chi connectivity index (χ1v) is 6.60. The summed E-state index contributed by atoms with van der Waals surface area (Å²) in [5.74, 6) is 0.824. The Bertz CT molecular complexity index is 609. The van der Waals surface area contributed by atoms with Crippen LogP contribution in [0.5, 0.6) is 0 Å². The van der Waals surface area contributed by atoms with Gasteiger partial charge in [-0.1, -0.05) is 13.0 Å². The second kappa shape index (κ2) is 4.48. The number of rotatable bonds is 1. The largest absolute Gasteiger partial charge is 0.371 e. The first-order valence-electron chi connectivity index (χ1n) is 6.60. The van der Waals surface area contributed by atoms with Gasteiger partial charge in [0.25, 0.3) is 5.56 Å². The lowest BCUT2D eigenvalue weighted by Crippen LogP contribution is -2.32. The van der Waals surface area contributed by atoms with E-state index in [1.54, 1.807) is 6.20 Å². The molecule has 3 rings (SSSR count). The van der Waals surface area contributed by atoms with Gasteiger partial charge in [-0.15, -0.1) is 0 Å². The van der Waals surface area contributed by atoms with Crippen LogP contribution in [-0.4, -0.2) is 18.1 Å². The van der Waals surface area contributed by atoms with E-state index in [4.69, 9.17) is 0 Å². The highest BCUT2D eigenvalue weighted by atomic mass is 16.1. The lowest BCUT2D eigenvalue weighted by Gasteiger charge is -2.32. The molecule has 3 nitrogen and oxygen atoms in total. The van der Waals surface area contributed by atoms with E-state index < -0.39 is 0 Å². The van der Waals surface area contributed by atoms with Crippen LogP contribution in [-0.2, 0) is 0 Å². The third-order valence-electron chi connectivity index (χ3n) is 3.91. The van der Waals surface area contributed by atoms with Crippen LogP contribution in [0.3, 0.4) is 0 Å². The van der Waals surface area contributed by atoms with Crippen molar-refractivity contribution in [3.8, 4) is 0 Å². The van der Waals surface area contributed by atoms with Crippen molar-refractivity contribution < 1.29 is 0 Å². The minimum atomic E-state index is -0.000252. The van der Waals surface area contributed by atoms with Crippen LogP contribution in [0.15, 0.2) is 35.3 Å². The molecular weight excluding hydrogens is 224 g/mol. The van der Waals surface area contributed by atoms with Crippen LogP contribution >= 0.6 is 0 Å². The molecule has 0 spiro atoms. The molecule has 0 bridgehead atoms. The normalized spacial score (nSPS) is 17.3. The standard InChI is InChI=1S/C15H18N2O/c1-11-5-8-17(9-6-11)13-3-2-12-4-7-16-15(18)14(12)10-13/h2-4,7,10-11H,5-6,8-9H2,1H3,(H,16,18). The van der Waals surface area contributed by atoms with E-state index in [0.717, 1.165) is 29.8 Å². The minimum absolute atomic E-state index is 0.000252. The average molecular weight is 242 g/mol. The molecule has 2 heterocycles. The minimum Gasteiger partial charge on any atom is -0.371 e. The fourth-order valence-corrected chi connectivity index (χ4v) is 2.63. The zero-order valence-corrected chi connectivity index (χ0v) is 10.6. The van der Waals surface area contributed by atoms with Crippen molar-refractivity contribution in [1.29, 1.82) is 0 Å². The average Bonchev–Trinajstić information content (AvgIpc) is 2.40. The number of piperidine rings is 1. The fourth-order valence-electron chi connectivity index (χ4n) is 2.63. The quantitative estimate of drug-likeness (QED) is 0.834. The molecule has 1 fully saturated rings. The number of nitrogens with zero attached hydrogens (tertiary/aromatic N) is 1. The number of hydrogen-bond acceptors (Lipinski definition) is 2. The highest BCUT2D eigenvalue weighted by molar-refractivity contribution is 5.84. The van der Waals surface area contributed by atoms with Gasteiger partial charge < -0.3 is 9.88 Å². The van der Waals surface area contributed by atoms with Gasteiger partial charge in [-0.3, -0.25) is 4.79 Å². The van der Waals surface area contributed by atoms with Gasteiger partial charge in [-0.25, -0.2) is 0 Å². The Kier molecular flexibility index (Phi) is 2.82. The van der Waals surface area contributed by atoms with Crippen molar-refractivity contribution in [2.75, 3.05) is 18.0 Å². The summed E-state index contributed by atoms with van der Waals surface area (Å²) in [6.07, 6.45) is 4.18. The number of benzene rings is 1. The SMILES string of the molecule is CC1CCN(c2ccc3cc[nH]c(=O)c3c2)CC1. The predicted molar refractivity (Wildman–Crippen MR) is 75.2 cm³/mol. The van der Waals surface area contributed by atoms with Crippen molar-refractivity contribution in [3.63, 3.8) is 0 Å². The molecule has 0 atom stereocenters. The molecule has 0 saturated carbocycles. The molecule has 1 aliphatic rings. The Morgan fingerprint density at radius 1 is 1.22 bits per heavy atom. The zero-order valence-electron chi connectivity index (χ0n) is 10.6. The third-order valence-corrected chi connectivity index (χ3v) is 3.91. The van der Waals surface area contributed by atoms with E-state index >= 15 is 0 Å². The number of fused-ring (bicyclic) bond motifs is 1. The van der Waals surface area contributed by atoms with Crippen LogP contribution in [0, 0.1) is 5.92 Å². The monoisotopic (exact) mass is 242 g/mol. The molecule has 94 valence electrons. The van der Waals surface area contributed by atoms with Gasteiger partial charge in [-0.05, 0) is 42.3 Å². The second-order valence-corrected chi connectivity index (χ2v) is 5.25. The van der Waals surface area contributed by atoms with E-state index in [2.05, 4.69) is 22.9 Å². The molecule has 1 aromatic heterocycles. The van der Waals surface area contributed by atoms with Crippen LogP contribution < -0.4 is 10.5 Å². The first-order chi connectivity index (χ1) is 8.74. The van der Waals surface area contributed by atoms with Crippen LogP contribution in [0.2, 0.25) is 0 Å². The highest BCUT2D eigenvalue weighted by Crippen LogP contribution is 2.25. The van der Waals surface area contributed by atoms with Gasteiger partial charge in [0.05, 0.1) is 0 Å². The van der Waals surface area contributed by atoms with Crippen molar-refractivity contribution in [2.45, 2.75) is 19.8 Å². The summed E-state index contributed by atoms with van der Waals surface area (Å²) in [6, 6.07) is 8.12. The molecule has 1 saturated heterocycles. The van der Waals surface area contributed by atoms with Gasteiger partial charge in [-0.2, -0.15) is 0 Å². The number of pyridine rings is 1. The molecule has 3 heteroatoms. The highest BCUT2D eigenvalue weighted by Gasteiger charge is 2.16. The topological polar surface area (TPSA) is 36.1 Å². The maximum Gasteiger partial charge on any atom is 0.255 e. The number of nitrogens with one attached hydrogen (secondary N) is 1. The van der Waals surface area contributed by atoms with Crippen LogP contribution in [0.1, 0.15) is 19.8 Å². The zero-order chi connectivity index (χ0) is 12.5. The van der Waals surface area contributed by atoms with E-state index in [-0.39, 0.29) is 5.56 Å². The molecule has 18 heavy (non-hydrogen) atoms. The lowest BCUT2D eigenvalue weighted by molar-refractivity contribution is 0.438. The van der Waals surface area contributed by atoms with E-state index in [0.29, 0.717) is 0 Å².